The van der Waals surface area contributed by atoms with E-state index in [1.54, 1.807) is 18.3 Å². The Bertz CT molecular complexity index is 944. The minimum atomic E-state index is -1.03. The number of amides is 1. The lowest BCUT2D eigenvalue weighted by Crippen LogP contribution is -2.30. The Morgan fingerprint density at radius 3 is 2.56 bits per heavy atom. The summed E-state index contributed by atoms with van der Waals surface area (Å²) in [6, 6.07) is 10.4. The van der Waals surface area contributed by atoms with Crippen LogP contribution in [0.15, 0.2) is 64.9 Å². The fourth-order valence-corrected chi connectivity index (χ4v) is 3.02. The predicted octanol–water partition coefficient (Wildman–Crippen LogP) is 4.26. The zero-order valence-electron chi connectivity index (χ0n) is 14.6. The number of halogens is 2. The largest absolute Gasteiger partial charge is 0.481 e. The molecule has 0 radical (unpaired) electrons. The van der Waals surface area contributed by atoms with Crippen LogP contribution in [-0.2, 0) is 11.8 Å². The molecule has 0 aliphatic carbocycles. The molecule has 1 N–H and O–H groups in total. The Morgan fingerprint density at radius 1 is 1.19 bits per heavy atom. The van der Waals surface area contributed by atoms with Gasteiger partial charge in [-0.25, -0.2) is 13.8 Å². The van der Waals surface area contributed by atoms with E-state index in [1.165, 1.54) is 24.8 Å². The maximum atomic E-state index is 13.2. The van der Waals surface area contributed by atoms with Crippen molar-refractivity contribution in [2.75, 3.05) is 5.32 Å². The van der Waals surface area contributed by atoms with Crippen LogP contribution in [0.1, 0.15) is 6.92 Å². The molecule has 0 aliphatic rings. The highest BCUT2D eigenvalue weighted by molar-refractivity contribution is 7.99. The second kappa shape index (κ2) is 8.22. The van der Waals surface area contributed by atoms with Gasteiger partial charge in [-0.3, -0.25) is 4.79 Å². The quantitative estimate of drug-likeness (QED) is 0.685. The number of carbonyl (C=O) groups excluding carboxylic acids is 1. The lowest BCUT2D eigenvalue weighted by molar-refractivity contribution is -0.122. The molecular weight excluding hydrogens is 372 g/mol. The molecule has 2 aromatic carbocycles. The Balaban J connectivity index is 1.58. The molecule has 27 heavy (non-hydrogen) atoms. The van der Waals surface area contributed by atoms with E-state index < -0.39 is 23.6 Å². The van der Waals surface area contributed by atoms with Gasteiger partial charge >= 0.3 is 0 Å². The standard InChI is InChI=1S/C19H17F2N3O2S/c1-12(26-14-5-8-16(20)17(21)11-14)18(25)23-13-3-6-15(7-4-13)27-19-22-9-10-24(19)2/h3-12H,1-2H3,(H,23,25). The van der Waals surface area contributed by atoms with Crippen molar-refractivity contribution in [3.05, 3.63) is 66.5 Å². The summed E-state index contributed by atoms with van der Waals surface area (Å²) in [5.41, 5.74) is 0.602. The molecule has 3 rings (SSSR count). The van der Waals surface area contributed by atoms with Gasteiger partial charge in [0, 0.05) is 36.1 Å². The summed E-state index contributed by atoms with van der Waals surface area (Å²) < 4.78 is 33.4. The van der Waals surface area contributed by atoms with Gasteiger partial charge in [-0.05, 0) is 43.3 Å². The average molecular weight is 389 g/mol. The summed E-state index contributed by atoms with van der Waals surface area (Å²) in [7, 11) is 1.91. The van der Waals surface area contributed by atoms with Crippen LogP contribution < -0.4 is 10.1 Å². The Hall–Kier alpha value is -2.87. The number of aromatic nitrogens is 2. The highest BCUT2D eigenvalue weighted by atomic mass is 32.2. The Kier molecular flexibility index (Phi) is 5.75. The van der Waals surface area contributed by atoms with E-state index in [9.17, 15) is 13.6 Å². The van der Waals surface area contributed by atoms with Crippen LogP contribution in [0.25, 0.3) is 0 Å². The minimum Gasteiger partial charge on any atom is -0.481 e. The summed E-state index contributed by atoms with van der Waals surface area (Å²) in [5, 5.41) is 3.58. The number of aryl methyl sites for hydroxylation is 1. The minimum absolute atomic E-state index is 0.0818. The van der Waals surface area contributed by atoms with Crippen molar-refractivity contribution >= 4 is 23.4 Å². The summed E-state index contributed by atoms with van der Waals surface area (Å²) in [6.45, 7) is 1.53. The van der Waals surface area contributed by atoms with E-state index in [2.05, 4.69) is 10.3 Å². The number of benzene rings is 2. The molecule has 0 bridgehead atoms. The molecule has 140 valence electrons. The molecule has 1 amide bonds. The molecule has 1 aromatic heterocycles. The van der Waals surface area contributed by atoms with E-state index >= 15 is 0 Å². The first kappa shape index (κ1) is 18.9. The third-order valence-corrected chi connectivity index (χ3v) is 4.76. The number of hydrogen-bond donors (Lipinski definition) is 1. The number of rotatable bonds is 6. The molecule has 0 saturated heterocycles. The van der Waals surface area contributed by atoms with E-state index in [0.29, 0.717) is 5.69 Å². The maximum absolute atomic E-state index is 13.2. The number of imidazole rings is 1. The second-order valence-electron chi connectivity index (χ2n) is 5.77. The molecule has 1 atom stereocenters. The molecule has 0 fully saturated rings. The highest BCUT2D eigenvalue weighted by Crippen LogP contribution is 2.27. The van der Waals surface area contributed by atoms with Gasteiger partial charge in [-0.2, -0.15) is 0 Å². The average Bonchev–Trinajstić information content (AvgIpc) is 3.04. The fourth-order valence-electron chi connectivity index (χ4n) is 2.21. The van der Waals surface area contributed by atoms with Gasteiger partial charge < -0.3 is 14.6 Å². The van der Waals surface area contributed by atoms with Crippen molar-refractivity contribution < 1.29 is 18.3 Å². The van der Waals surface area contributed by atoms with E-state index in [0.717, 1.165) is 22.2 Å². The maximum Gasteiger partial charge on any atom is 0.265 e. The molecule has 1 heterocycles. The second-order valence-corrected chi connectivity index (χ2v) is 6.81. The van der Waals surface area contributed by atoms with E-state index in [1.807, 2.05) is 29.9 Å². The van der Waals surface area contributed by atoms with Crippen molar-refractivity contribution in [1.29, 1.82) is 0 Å². The van der Waals surface area contributed by atoms with Crippen molar-refractivity contribution in [3.8, 4) is 5.75 Å². The molecule has 8 heteroatoms. The monoisotopic (exact) mass is 389 g/mol. The predicted molar refractivity (Wildman–Crippen MR) is 98.9 cm³/mol. The summed E-state index contributed by atoms with van der Waals surface area (Å²) in [6.07, 6.45) is 2.72. The van der Waals surface area contributed by atoms with Crippen LogP contribution >= 0.6 is 11.8 Å². The molecule has 1 unspecified atom stereocenters. The van der Waals surface area contributed by atoms with Crippen LogP contribution in [0.3, 0.4) is 0 Å². The zero-order chi connectivity index (χ0) is 19.4. The Morgan fingerprint density at radius 2 is 1.93 bits per heavy atom. The van der Waals surface area contributed by atoms with Crippen LogP contribution in [0, 0.1) is 11.6 Å². The van der Waals surface area contributed by atoms with Gasteiger partial charge in [0.15, 0.2) is 22.9 Å². The number of nitrogens with one attached hydrogen (secondary N) is 1. The van der Waals surface area contributed by atoms with Gasteiger partial charge in [0.2, 0.25) is 0 Å². The van der Waals surface area contributed by atoms with Gasteiger partial charge in [0.25, 0.3) is 5.91 Å². The van der Waals surface area contributed by atoms with Gasteiger partial charge in [-0.1, -0.05) is 11.8 Å². The van der Waals surface area contributed by atoms with Crippen LogP contribution in [0.2, 0.25) is 0 Å². The Labute approximate surface area is 159 Å². The topological polar surface area (TPSA) is 56.1 Å². The van der Waals surface area contributed by atoms with Crippen LogP contribution in [0.5, 0.6) is 5.75 Å². The smallest absolute Gasteiger partial charge is 0.265 e. The summed E-state index contributed by atoms with van der Waals surface area (Å²) in [4.78, 5) is 17.5. The number of hydrogen-bond acceptors (Lipinski definition) is 4. The van der Waals surface area contributed by atoms with Gasteiger partial charge in [-0.15, -0.1) is 0 Å². The SMILES string of the molecule is CC(Oc1ccc(F)c(F)c1)C(=O)Nc1ccc(Sc2nccn2C)cc1. The summed E-state index contributed by atoms with van der Waals surface area (Å²) >= 11 is 1.51. The van der Waals surface area contributed by atoms with Gasteiger partial charge in [0.1, 0.15) is 5.75 Å². The molecule has 5 nitrogen and oxygen atoms in total. The number of carbonyl (C=O) groups is 1. The van der Waals surface area contributed by atoms with Crippen LogP contribution in [0.4, 0.5) is 14.5 Å². The molecule has 3 aromatic rings. The first-order chi connectivity index (χ1) is 12.9. The van der Waals surface area contributed by atoms with E-state index in [4.69, 9.17) is 4.74 Å². The molecule has 0 aliphatic heterocycles. The third kappa shape index (κ3) is 4.85. The first-order valence-corrected chi connectivity index (χ1v) is 8.92. The lowest BCUT2D eigenvalue weighted by atomic mass is 10.3. The van der Waals surface area contributed by atoms with Crippen LogP contribution in [-0.4, -0.2) is 21.6 Å². The fraction of sp³-hybridized carbons (Fsp3) is 0.158. The molecule has 0 spiro atoms. The molecule has 0 saturated carbocycles. The number of anilines is 1. The zero-order valence-corrected chi connectivity index (χ0v) is 15.5. The first-order valence-electron chi connectivity index (χ1n) is 8.10. The van der Waals surface area contributed by atoms with Crippen molar-refractivity contribution in [2.24, 2.45) is 7.05 Å². The summed E-state index contributed by atoms with van der Waals surface area (Å²) in [5.74, 6) is -2.31. The van der Waals surface area contributed by atoms with E-state index in [-0.39, 0.29) is 5.75 Å². The normalized spacial score (nSPS) is 11.9. The van der Waals surface area contributed by atoms with Gasteiger partial charge in [0.05, 0.1) is 0 Å². The number of nitrogens with zero attached hydrogens (tertiary/aromatic N) is 2. The number of ether oxygens (including phenoxy) is 1. The van der Waals surface area contributed by atoms with Crippen molar-refractivity contribution in [2.45, 2.75) is 23.1 Å². The lowest BCUT2D eigenvalue weighted by Gasteiger charge is -2.15. The molecular formula is C19H17F2N3O2S. The van der Waals surface area contributed by atoms with Crippen molar-refractivity contribution in [3.63, 3.8) is 0 Å². The van der Waals surface area contributed by atoms with Crippen molar-refractivity contribution in [1.82, 2.24) is 9.55 Å². The highest BCUT2D eigenvalue weighted by Gasteiger charge is 2.16. The third-order valence-electron chi connectivity index (χ3n) is 3.68.